The average Bonchev–Trinajstić information content (AvgIpc) is 2.28. The van der Waals surface area contributed by atoms with Gasteiger partial charge in [-0.15, -0.1) is 0 Å². The minimum absolute atomic E-state index is 0.708. The van der Waals surface area contributed by atoms with E-state index in [0.29, 0.717) is 5.41 Å². The molecule has 11 heavy (non-hydrogen) atoms. The second-order valence-electron chi connectivity index (χ2n) is 4.59. The van der Waals surface area contributed by atoms with E-state index in [1.54, 1.807) is 5.57 Å². The van der Waals surface area contributed by atoms with Crippen LogP contribution in [0.2, 0.25) is 0 Å². The summed E-state index contributed by atoms with van der Waals surface area (Å²) in [5.74, 6) is 0.801. The monoisotopic (exact) mass is 150 g/mol. The highest BCUT2D eigenvalue weighted by Gasteiger charge is 2.38. The van der Waals surface area contributed by atoms with Gasteiger partial charge in [0.05, 0.1) is 0 Å². The van der Waals surface area contributed by atoms with Gasteiger partial charge in [-0.25, -0.2) is 0 Å². The van der Waals surface area contributed by atoms with Gasteiger partial charge in [0.15, 0.2) is 0 Å². The first-order valence-electron chi connectivity index (χ1n) is 4.93. The van der Waals surface area contributed by atoms with Crippen LogP contribution in [0.15, 0.2) is 11.6 Å². The van der Waals surface area contributed by atoms with Gasteiger partial charge in [0.2, 0.25) is 0 Å². The first-order valence-corrected chi connectivity index (χ1v) is 4.93. The molecule has 2 aliphatic carbocycles. The van der Waals surface area contributed by atoms with Crippen LogP contribution in [-0.4, -0.2) is 0 Å². The summed E-state index contributed by atoms with van der Waals surface area (Å²) in [6.45, 7) is 4.65. The quantitative estimate of drug-likeness (QED) is 0.502. The third-order valence-corrected chi connectivity index (χ3v) is 3.49. The summed E-state index contributed by atoms with van der Waals surface area (Å²) in [7, 11) is 0. The Bertz CT molecular complexity index is 182. The molecule has 0 saturated heterocycles. The number of hydrogen-bond donors (Lipinski definition) is 0. The Morgan fingerprint density at radius 1 is 1.27 bits per heavy atom. The third-order valence-electron chi connectivity index (χ3n) is 3.49. The van der Waals surface area contributed by atoms with E-state index in [4.69, 9.17) is 0 Å². The van der Waals surface area contributed by atoms with E-state index in [9.17, 15) is 0 Å². The molecule has 0 aromatic heterocycles. The fourth-order valence-electron chi connectivity index (χ4n) is 2.41. The van der Waals surface area contributed by atoms with Gasteiger partial charge in [-0.05, 0) is 37.0 Å². The maximum absolute atomic E-state index is 2.60. The summed E-state index contributed by atoms with van der Waals surface area (Å²) in [5.41, 5.74) is 2.43. The highest BCUT2D eigenvalue weighted by molar-refractivity contribution is 5.20. The summed E-state index contributed by atoms with van der Waals surface area (Å²) in [5, 5.41) is 0. The van der Waals surface area contributed by atoms with Crippen molar-refractivity contribution in [2.45, 2.75) is 46.0 Å². The number of allylic oxidation sites excluding steroid dienone is 2. The maximum atomic E-state index is 2.60. The molecule has 0 radical (unpaired) electrons. The molecule has 0 atom stereocenters. The molecule has 2 rings (SSSR count). The van der Waals surface area contributed by atoms with Gasteiger partial charge in [0.1, 0.15) is 0 Å². The van der Waals surface area contributed by atoms with Crippen LogP contribution in [0.25, 0.3) is 0 Å². The average molecular weight is 150 g/mol. The molecule has 0 bridgehead atoms. The van der Waals surface area contributed by atoms with Crippen LogP contribution in [0.5, 0.6) is 0 Å². The SMILES string of the molecule is CC(C)C1=CC2(CCC2)CC1. The Morgan fingerprint density at radius 2 is 2.00 bits per heavy atom. The van der Waals surface area contributed by atoms with Gasteiger partial charge in [-0.3, -0.25) is 0 Å². The third kappa shape index (κ3) is 1.13. The topological polar surface area (TPSA) is 0 Å². The lowest BCUT2D eigenvalue weighted by Gasteiger charge is -2.36. The van der Waals surface area contributed by atoms with Crippen molar-refractivity contribution in [3.05, 3.63) is 11.6 Å². The fourth-order valence-corrected chi connectivity index (χ4v) is 2.41. The summed E-state index contributed by atoms with van der Waals surface area (Å²) in [4.78, 5) is 0. The molecule has 0 amide bonds. The summed E-state index contributed by atoms with van der Waals surface area (Å²) in [6.07, 6.45) is 9.87. The van der Waals surface area contributed by atoms with Crippen LogP contribution in [0.4, 0.5) is 0 Å². The fraction of sp³-hybridized carbons (Fsp3) is 0.818. The molecule has 2 aliphatic rings. The summed E-state index contributed by atoms with van der Waals surface area (Å²) in [6, 6.07) is 0. The van der Waals surface area contributed by atoms with E-state index in [-0.39, 0.29) is 0 Å². The van der Waals surface area contributed by atoms with E-state index in [1.165, 1.54) is 32.1 Å². The summed E-state index contributed by atoms with van der Waals surface area (Å²) < 4.78 is 0. The van der Waals surface area contributed by atoms with Gasteiger partial charge in [0, 0.05) is 0 Å². The van der Waals surface area contributed by atoms with E-state index < -0.39 is 0 Å². The second-order valence-corrected chi connectivity index (χ2v) is 4.59. The highest BCUT2D eigenvalue weighted by Crippen LogP contribution is 2.52. The van der Waals surface area contributed by atoms with Gasteiger partial charge < -0.3 is 0 Å². The Kier molecular flexibility index (Phi) is 1.59. The predicted molar refractivity (Wildman–Crippen MR) is 48.4 cm³/mol. The minimum Gasteiger partial charge on any atom is -0.0788 e. The molecular formula is C11H18. The molecule has 0 aromatic rings. The molecule has 0 heteroatoms. The van der Waals surface area contributed by atoms with E-state index in [0.717, 1.165) is 5.92 Å². The lowest BCUT2D eigenvalue weighted by atomic mass is 9.69. The Hall–Kier alpha value is -0.260. The minimum atomic E-state index is 0.708. The van der Waals surface area contributed by atoms with Crippen LogP contribution < -0.4 is 0 Å². The van der Waals surface area contributed by atoms with Crippen molar-refractivity contribution in [2.75, 3.05) is 0 Å². The lowest BCUT2D eigenvalue weighted by Crippen LogP contribution is -2.23. The molecule has 0 N–H and O–H groups in total. The zero-order valence-corrected chi connectivity index (χ0v) is 7.69. The van der Waals surface area contributed by atoms with Crippen LogP contribution in [0.1, 0.15) is 46.0 Å². The molecule has 1 fully saturated rings. The maximum Gasteiger partial charge on any atom is -0.0112 e. The number of rotatable bonds is 1. The molecule has 0 unspecified atom stereocenters. The largest absolute Gasteiger partial charge is 0.0788 e. The van der Waals surface area contributed by atoms with E-state index in [1.807, 2.05) is 0 Å². The van der Waals surface area contributed by atoms with Crippen LogP contribution in [0.3, 0.4) is 0 Å². The first-order chi connectivity index (χ1) is 5.22. The Labute approximate surface area is 69.7 Å². The smallest absolute Gasteiger partial charge is 0.0112 e. The number of hydrogen-bond acceptors (Lipinski definition) is 0. The molecule has 1 spiro atoms. The molecule has 0 nitrogen and oxygen atoms in total. The van der Waals surface area contributed by atoms with E-state index in [2.05, 4.69) is 19.9 Å². The first kappa shape index (κ1) is 7.39. The molecule has 0 heterocycles. The predicted octanol–water partition coefficient (Wildman–Crippen LogP) is 3.53. The van der Waals surface area contributed by atoms with Crippen molar-refractivity contribution >= 4 is 0 Å². The van der Waals surface area contributed by atoms with Gasteiger partial charge in [-0.1, -0.05) is 31.9 Å². The van der Waals surface area contributed by atoms with E-state index >= 15 is 0 Å². The molecule has 1 saturated carbocycles. The van der Waals surface area contributed by atoms with Crippen molar-refractivity contribution in [3.8, 4) is 0 Å². The van der Waals surface area contributed by atoms with Crippen LogP contribution >= 0.6 is 0 Å². The zero-order valence-electron chi connectivity index (χ0n) is 7.69. The molecule has 0 aliphatic heterocycles. The van der Waals surface area contributed by atoms with Crippen molar-refractivity contribution in [3.63, 3.8) is 0 Å². The standard InChI is InChI=1S/C11H18/c1-9(2)10-4-7-11(8-10)5-3-6-11/h8-9H,3-7H2,1-2H3. The Morgan fingerprint density at radius 3 is 2.27 bits per heavy atom. The van der Waals surface area contributed by atoms with Crippen molar-refractivity contribution in [1.29, 1.82) is 0 Å². The Balaban J connectivity index is 2.09. The summed E-state index contributed by atoms with van der Waals surface area (Å²) >= 11 is 0. The normalized spacial score (nSPS) is 27.4. The lowest BCUT2D eigenvalue weighted by molar-refractivity contribution is 0.202. The van der Waals surface area contributed by atoms with Gasteiger partial charge in [0.25, 0.3) is 0 Å². The van der Waals surface area contributed by atoms with Crippen molar-refractivity contribution in [1.82, 2.24) is 0 Å². The van der Waals surface area contributed by atoms with Crippen LogP contribution in [-0.2, 0) is 0 Å². The molecule has 62 valence electrons. The second kappa shape index (κ2) is 2.36. The van der Waals surface area contributed by atoms with Crippen molar-refractivity contribution in [2.24, 2.45) is 11.3 Å². The zero-order chi connectivity index (χ0) is 7.90. The van der Waals surface area contributed by atoms with Crippen LogP contribution in [0, 0.1) is 11.3 Å². The van der Waals surface area contributed by atoms with Gasteiger partial charge in [-0.2, -0.15) is 0 Å². The molecule has 0 aromatic carbocycles. The highest BCUT2D eigenvalue weighted by atomic mass is 14.4. The van der Waals surface area contributed by atoms with Crippen molar-refractivity contribution < 1.29 is 0 Å². The molecular weight excluding hydrogens is 132 g/mol. The van der Waals surface area contributed by atoms with Gasteiger partial charge >= 0.3 is 0 Å².